The Bertz CT molecular complexity index is 1120. The molecule has 29 heavy (non-hydrogen) atoms. The van der Waals surface area contributed by atoms with Gasteiger partial charge in [0, 0.05) is 17.2 Å². The number of alkyl halides is 3. The van der Waals surface area contributed by atoms with E-state index in [4.69, 9.17) is 0 Å². The molecule has 0 spiro atoms. The Kier molecular flexibility index (Phi) is 6.03. The van der Waals surface area contributed by atoms with Crippen molar-refractivity contribution >= 4 is 10.8 Å². The van der Waals surface area contributed by atoms with Crippen LogP contribution < -0.4 is 21.5 Å². The number of rotatable bonds is 3. The SMILES string of the molecule is Fc1cccc2cc[n+](Cc3ccccc3)c(-c3ccc(C(F)(F)F)cc3)c12.[Br-]. The molecule has 0 radical (unpaired) electrons. The van der Waals surface area contributed by atoms with Crippen LogP contribution in [0, 0.1) is 5.82 Å². The van der Waals surface area contributed by atoms with Gasteiger partial charge in [-0.2, -0.15) is 17.7 Å². The van der Waals surface area contributed by atoms with E-state index in [9.17, 15) is 17.6 Å². The number of fused-ring (bicyclic) bond motifs is 1. The zero-order valence-corrected chi connectivity index (χ0v) is 16.7. The van der Waals surface area contributed by atoms with Crippen LogP contribution in [0.2, 0.25) is 0 Å². The van der Waals surface area contributed by atoms with Gasteiger partial charge in [0.25, 0.3) is 0 Å². The topological polar surface area (TPSA) is 3.88 Å². The number of hydrogen-bond donors (Lipinski definition) is 0. The van der Waals surface area contributed by atoms with Crippen molar-refractivity contribution in [3.63, 3.8) is 0 Å². The van der Waals surface area contributed by atoms with Gasteiger partial charge in [-0.3, -0.25) is 0 Å². The maximum atomic E-state index is 14.7. The monoisotopic (exact) mass is 461 g/mol. The van der Waals surface area contributed by atoms with Gasteiger partial charge in [-0.1, -0.05) is 42.5 Å². The van der Waals surface area contributed by atoms with E-state index in [0.717, 1.165) is 17.7 Å². The van der Waals surface area contributed by atoms with Crippen LogP contribution in [0.3, 0.4) is 0 Å². The summed E-state index contributed by atoms with van der Waals surface area (Å²) in [6.07, 6.45) is -2.58. The molecule has 148 valence electrons. The number of benzene rings is 3. The first kappa shape index (κ1) is 21.0. The lowest BCUT2D eigenvalue weighted by atomic mass is 10.0. The summed E-state index contributed by atoms with van der Waals surface area (Å²) >= 11 is 0. The van der Waals surface area contributed by atoms with Gasteiger partial charge in [0.05, 0.1) is 10.9 Å². The lowest BCUT2D eigenvalue weighted by Crippen LogP contribution is -3.00. The Morgan fingerprint density at radius 3 is 2.10 bits per heavy atom. The van der Waals surface area contributed by atoms with Crippen LogP contribution in [-0.2, 0) is 12.7 Å². The Morgan fingerprint density at radius 1 is 0.759 bits per heavy atom. The lowest BCUT2D eigenvalue weighted by Gasteiger charge is -2.11. The van der Waals surface area contributed by atoms with Crippen LogP contribution in [-0.4, -0.2) is 0 Å². The van der Waals surface area contributed by atoms with Gasteiger partial charge in [-0.15, -0.1) is 0 Å². The predicted molar refractivity (Wildman–Crippen MR) is 100 cm³/mol. The molecule has 0 N–H and O–H groups in total. The van der Waals surface area contributed by atoms with Gasteiger partial charge in [0.15, 0.2) is 12.7 Å². The molecule has 1 heterocycles. The normalized spacial score (nSPS) is 11.3. The van der Waals surface area contributed by atoms with E-state index >= 15 is 0 Å². The largest absolute Gasteiger partial charge is 1.00 e. The summed E-state index contributed by atoms with van der Waals surface area (Å²) in [6, 6.07) is 21.1. The van der Waals surface area contributed by atoms with Gasteiger partial charge in [-0.25, -0.2) is 4.39 Å². The lowest BCUT2D eigenvalue weighted by molar-refractivity contribution is -0.676. The first-order valence-corrected chi connectivity index (χ1v) is 8.76. The van der Waals surface area contributed by atoms with Crippen molar-refractivity contribution in [3.05, 3.63) is 102 Å². The first-order valence-electron chi connectivity index (χ1n) is 8.76. The number of halogens is 5. The molecular formula is C23H16BrF4N. The third kappa shape index (κ3) is 4.32. The fraction of sp³-hybridized carbons (Fsp3) is 0.0870. The minimum absolute atomic E-state index is 0. The molecule has 0 amide bonds. The highest BCUT2D eigenvalue weighted by molar-refractivity contribution is 5.93. The average molecular weight is 462 g/mol. The van der Waals surface area contributed by atoms with Gasteiger partial charge >= 0.3 is 6.18 Å². The Labute approximate surface area is 176 Å². The second kappa shape index (κ2) is 8.33. The van der Waals surface area contributed by atoms with Crippen LogP contribution in [0.4, 0.5) is 17.6 Å². The summed E-state index contributed by atoms with van der Waals surface area (Å²) in [4.78, 5) is 0. The van der Waals surface area contributed by atoms with E-state index in [2.05, 4.69) is 0 Å². The van der Waals surface area contributed by atoms with E-state index in [0.29, 0.717) is 28.6 Å². The molecule has 0 saturated heterocycles. The van der Waals surface area contributed by atoms with Crippen molar-refractivity contribution in [2.24, 2.45) is 0 Å². The van der Waals surface area contributed by atoms with Crippen LogP contribution in [0.15, 0.2) is 85.1 Å². The summed E-state index contributed by atoms with van der Waals surface area (Å²) in [6.45, 7) is 0.474. The summed E-state index contributed by atoms with van der Waals surface area (Å²) in [5.74, 6) is -0.408. The molecule has 3 aromatic carbocycles. The van der Waals surface area contributed by atoms with Gasteiger partial charge in [-0.05, 0) is 35.7 Å². The highest BCUT2D eigenvalue weighted by atomic mass is 79.9. The van der Waals surface area contributed by atoms with Gasteiger partial charge in [0.1, 0.15) is 5.82 Å². The molecule has 1 nitrogen and oxygen atoms in total. The minimum Gasteiger partial charge on any atom is -1.00 e. The molecule has 0 aliphatic heterocycles. The second-order valence-electron chi connectivity index (χ2n) is 6.56. The molecule has 0 bridgehead atoms. The number of hydrogen-bond acceptors (Lipinski definition) is 0. The molecule has 0 fully saturated rings. The molecule has 1 aromatic heterocycles. The number of aromatic nitrogens is 1. The van der Waals surface area contributed by atoms with Crippen LogP contribution >= 0.6 is 0 Å². The van der Waals surface area contributed by atoms with E-state index < -0.39 is 17.6 Å². The third-order valence-corrected chi connectivity index (χ3v) is 4.69. The Hall–Kier alpha value is -2.73. The van der Waals surface area contributed by atoms with Crippen LogP contribution in [0.25, 0.3) is 22.0 Å². The maximum absolute atomic E-state index is 14.7. The average Bonchev–Trinajstić information content (AvgIpc) is 2.69. The highest BCUT2D eigenvalue weighted by Crippen LogP contribution is 2.32. The summed E-state index contributed by atoms with van der Waals surface area (Å²) in [7, 11) is 0. The molecule has 4 aromatic rings. The number of pyridine rings is 1. The number of nitrogens with zero attached hydrogens (tertiary/aromatic N) is 1. The third-order valence-electron chi connectivity index (χ3n) is 4.69. The zero-order valence-electron chi connectivity index (χ0n) is 15.1. The summed E-state index contributed by atoms with van der Waals surface area (Å²) in [5, 5.41) is 1.08. The Balaban J connectivity index is 0.00000240. The van der Waals surface area contributed by atoms with Crippen molar-refractivity contribution in [2.75, 3.05) is 0 Å². The summed E-state index contributed by atoms with van der Waals surface area (Å²) < 4.78 is 55.4. The van der Waals surface area contributed by atoms with Crippen molar-refractivity contribution in [3.8, 4) is 11.3 Å². The van der Waals surface area contributed by atoms with E-state index in [-0.39, 0.29) is 17.0 Å². The molecule has 6 heteroatoms. The molecule has 0 saturated carbocycles. The second-order valence-corrected chi connectivity index (χ2v) is 6.56. The molecule has 0 atom stereocenters. The van der Waals surface area contributed by atoms with E-state index in [1.54, 1.807) is 12.1 Å². The molecule has 0 aliphatic rings. The van der Waals surface area contributed by atoms with Crippen molar-refractivity contribution in [1.29, 1.82) is 0 Å². The smallest absolute Gasteiger partial charge is 0.416 e. The highest BCUT2D eigenvalue weighted by Gasteiger charge is 2.30. The van der Waals surface area contributed by atoms with Crippen LogP contribution in [0.1, 0.15) is 11.1 Å². The van der Waals surface area contributed by atoms with E-state index in [1.807, 2.05) is 47.2 Å². The predicted octanol–water partition coefficient (Wildman–Crippen LogP) is 3.00. The fourth-order valence-electron chi connectivity index (χ4n) is 3.36. The molecule has 0 unspecified atom stereocenters. The van der Waals surface area contributed by atoms with Gasteiger partial charge in [0.2, 0.25) is 5.69 Å². The first-order chi connectivity index (χ1) is 13.4. The minimum atomic E-state index is -4.41. The fourth-order valence-corrected chi connectivity index (χ4v) is 3.36. The quantitative estimate of drug-likeness (QED) is 0.326. The standard InChI is InChI=1S/C23H16F4N.BrH/c24-20-8-4-7-17-13-14-28(15-16-5-2-1-3-6-16)22(21(17)20)18-9-11-19(12-10-18)23(25,26)27;/h1-14H,15H2;1H/q+1;/p-1. The molecule has 4 rings (SSSR count). The Morgan fingerprint density at radius 2 is 1.45 bits per heavy atom. The maximum Gasteiger partial charge on any atom is 0.416 e. The van der Waals surface area contributed by atoms with Crippen molar-refractivity contribution in [1.82, 2.24) is 0 Å². The molecule has 0 aliphatic carbocycles. The molecular weight excluding hydrogens is 446 g/mol. The summed E-state index contributed by atoms with van der Waals surface area (Å²) in [5.41, 5.74) is 1.36. The van der Waals surface area contributed by atoms with E-state index in [1.165, 1.54) is 18.2 Å². The zero-order chi connectivity index (χ0) is 19.7. The van der Waals surface area contributed by atoms with Crippen molar-refractivity contribution in [2.45, 2.75) is 12.7 Å². The van der Waals surface area contributed by atoms with Crippen molar-refractivity contribution < 1.29 is 39.1 Å². The van der Waals surface area contributed by atoms with Crippen LogP contribution in [0.5, 0.6) is 0 Å². The van der Waals surface area contributed by atoms with Gasteiger partial charge < -0.3 is 17.0 Å².